The molecule has 2 heterocycles. The predicted molar refractivity (Wildman–Crippen MR) is 62.4 cm³/mol. The zero-order valence-corrected chi connectivity index (χ0v) is 9.96. The fourth-order valence-electron chi connectivity index (χ4n) is 2.08. The number of hydrogen-bond donors (Lipinski definition) is 0. The van der Waals surface area contributed by atoms with Gasteiger partial charge < -0.3 is 4.90 Å². The van der Waals surface area contributed by atoms with E-state index in [1.54, 1.807) is 0 Å². The molecule has 1 atom stereocenters. The van der Waals surface area contributed by atoms with Crippen LogP contribution in [0, 0.1) is 12.8 Å². The molecule has 82 valence electrons. The maximum Gasteiger partial charge on any atom is 0.134 e. The summed E-state index contributed by atoms with van der Waals surface area (Å²) in [6.45, 7) is 6.31. The summed E-state index contributed by atoms with van der Waals surface area (Å²) in [5.74, 6) is 2.46. The maximum absolute atomic E-state index is 5.93. The van der Waals surface area contributed by atoms with Gasteiger partial charge in [0.25, 0.3) is 0 Å². The average molecular weight is 226 g/mol. The Bertz CT molecular complexity index is 333. The molecule has 4 heteroatoms. The van der Waals surface area contributed by atoms with Crippen molar-refractivity contribution in [3.63, 3.8) is 0 Å². The number of aryl methyl sites for hydroxylation is 1. The van der Waals surface area contributed by atoms with Crippen molar-refractivity contribution in [2.75, 3.05) is 18.0 Å². The van der Waals surface area contributed by atoms with Crippen molar-refractivity contribution in [1.29, 1.82) is 0 Å². The van der Waals surface area contributed by atoms with Gasteiger partial charge in [-0.05, 0) is 25.7 Å². The third-order valence-electron chi connectivity index (χ3n) is 2.77. The second-order valence-electron chi connectivity index (χ2n) is 4.29. The molecular formula is C11H16ClN3. The molecule has 2 rings (SSSR count). The largest absolute Gasteiger partial charge is 0.356 e. The summed E-state index contributed by atoms with van der Waals surface area (Å²) < 4.78 is 0. The lowest BCUT2D eigenvalue weighted by Gasteiger charge is -2.31. The van der Waals surface area contributed by atoms with Crippen molar-refractivity contribution in [3.8, 4) is 0 Å². The van der Waals surface area contributed by atoms with Gasteiger partial charge in [-0.1, -0.05) is 18.5 Å². The number of halogens is 1. The molecule has 0 bridgehead atoms. The summed E-state index contributed by atoms with van der Waals surface area (Å²) in [5, 5.41) is 0.538. The standard InChI is InChI=1S/C11H16ClN3/c1-8-4-3-5-15(7-8)11-6-10(12)13-9(2)14-11/h6,8H,3-5,7H2,1-2H3/t8-/m1/s1. The third kappa shape index (κ3) is 2.59. The average Bonchev–Trinajstić information content (AvgIpc) is 2.16. The molecule has 0 spiro atoms. The molecule has 0 aromatic carbocycles. The zero-order valence-electron chi connectivity index (χ0n) is 9.20. The van der Waals surface area contributed by atoms with E-state index in [2.05, 4.69) is 21.8 Å². The van der Waals surface area contributed by atoms with Crippen molar-refractivity contribution in [1.82, 2.24) is 9.97 Å². The third-order valence-corrected chi connectivity index (χ3v) is 2.97. The molecule has 0 radical (unpaired) electrons. The molecule has 0 amide bonds. The number of piperidine rings is 1. The van der Waals surface area contributed by atoms with Gasteiger partial charge in [-0.25, -0.2) is 9.97 Å². The van der Waals surface area contributed by atoms with E-state index in [1.165, 1.54) is 12.8 Å². The smallest absolute Gasteiger partial charge is 0.134 e. The second-order valence-corrected chi connectivity index (χ2v) is 4.68. The quantitative estimate of drug-likeness (QED) is 0.689. The van der Waals surface area contributed by atoms with Crippen LogP contribution < -0.4 is 4.90 Å². The minimum absolute atomic E-state index is 0.538. The Balaban J connectivity index is 2.20. The van der Waals surface area contributed by atoms with Crippen LogP contribution in [0.5, 0.6) is 0 Å². The zero-order chi connectivity index (χ0) is 10.8. The fraction of sp³-hybridized carbons (Fsp3) is 0.636. The van der Waals surface area contributed by atoms with Crippen LogP contribution in [0.3, 0.4) is 0 Å². The Hall–Kier alpha value is -0.830. The number of hydrogen-bond acceptors (Lipinski definition) is 3. The number of rotatable bonds is 1. The van der Waals surface area contributed by atoms with Crippen LogP contribution in [0.4, 0.5) is 5.82 Å². The van der Waals surface area contributed by atoms with Gasteiger partial charge in [0.15, 0.2) is 0 Å². The van der Waals surface area contributed by atoms with Crippen molar-refractivity contribution < 1.29 is 0 Å². The summed E-state index contributed by atoms with van der Waals surface area (Å²) in [6, 6.07) is 1.85. The normalized spacial score (nSPS) is 21.8. The molecule has 1 fully saturated rings. The van der Waals surface area contributed by atoms with Crippen molar-refractivity contribution in [2.24, 2.45) is 5.92 Å². The van der Waals surface area contributed by atoms with E-state index in [-0.39, 0.29) is 0 Å². The van der Waals surface area contributed by atoms with Gasteiger partial charge in [-0.3, -0.25) is 0 Å². The summed E-state index contributed by atoms with van der Waals surface area (Å²) in [4.78, 5) is 10.8. The summed E-state index contributed by atoms with van der Waals surface area (Å²) >= 11 is 5.93. The van der Waals surface area contributed by atoms with E-state index in [1.807, 2.05) is 13.0 Å². The molecule has 1 saturated heterocycles. The highest BCUT2D eigenvalue weighted by Gasteiger charge is 2.18. The van der Waals surface area contributed by atoms with Crippen LogP contribution in [-0.2, 0) is 0 Å². The van der Waals surface area contributed by atoms with E-state index < -0.39 is 0 Å². The lowest BCUT2D eigenvalue weighted by atomic mass is 10.0. The first-order valence-electron chi connectivity index (χ1n) is 5.41. The first-order chi connectivity index (χ1) is 7.15. The molecule has 0 unspecified atom stereocenters. The van der Waals surface area contributed by atoms with Gasteiger partial charge in [0.05, 0.1) is 0 Å². The first-order valence-corrected chi connectivity index (χ1v) is 5.79. The van der Waals surface area contributed by atoms with Crippen LogP contribution in [0.1, 0.15) is 25.6 Å². The number of aromatic nitrogens is 2. The highest BCUT2D eigenvalue weighted by Crippen LogP contribution is 2.22. The molecule has 0 aliphatic carbocycles. The number of nitrogens with zero attached hydrogens (tertiary/aromatic N) is 3. The van der Waals surface area contributed by atoms with E-state index in [0.29, 0.717) is 5.15 Å². The van der Waals surface area contributed by atoms with Gasteiger partial charge in [0, 0.05) is 19.2 Å². The second kappa shape index (κ2) is 4.35. The molecule has 1 aromatic rings. The SMILES string of the molecule is Cc1nc(Cl)cc(N2CCC[C@@H](C)C2)n1. The lowest BCUT2D eigenvalue weighted by Crippen LogP contribution is -2.34. The minimum atomic E-state index is 0.538. The van der Waals surface area contributed by atoms with Gasteiger partial charge in [-0.2, -0.15) is 0 Å². The van der Waals surface area contributed by atoms with Crippen LogP contribution in [0.2, 0.25) is 5.15 Å². The molecule has 0 N–H and O–H groups in total. The first kappa shape index (κ1) is 10.7. The van der Waals surface area contributed by atoms with E-state index in [0.717, 1.165) is 30.6 Å². The van der Waals surface area contributed by atoms with Crippen molar-refractivity contribution >= 4 is 17.4 Å². The highest BCUT2D eigenvalue weighted by atomic mass is 35.5. The Kier molecular flexibility index (Phi) is 3.10. The summed E-state index contributed by atoms with van der Waals surface area (Å²) in [6.07, 6.45) is 2.55. The van der Waals surface area contributed by atoms with Crippen LogP contribution in [-0.4, -0.2) is 23.1 Å². The monoisotopic (exact) mass is 225 g/mol. The topological polar surface area (TPSA) is 29.0 Å². The Morgan fingerprint density at radius 2 is 2.27 bits per heavy atom. The van der Waals surface area contributed by atoms with Crippen molar-refractivity contribution in [2.45, 2.75) is 26.7 Å². The van der Waals surface area contributed by atoms with Crippen LogP contribution >= 0.6 is 11.6 Å². The van der Waals surface area contributed by atoms with Gasteiger partial charge in [0.1, 0.15) is 16.8 Å². The van der Waals surface area contributed by atoms with Gasteiger partial charge in [-0.15, -0.1) is 0 Å². The Morgan fingerprint density at radius 1 is 1.47 bits per heavy atom. The van der Waals surface area contributed by atoms with Crippen LogP contribution in [0.15, 0.2) is 6.07 Å². The van der Waals surface area contributed by atoms with Crippen LogP contribution in [0.25, 0.3) is 0 Å². The van der Waals surface area contributed by atoms with Gasteiger partial charge in [0.2, 0.25) is 0 Å². The molecule has 1 aliphatic heterocycles. The minimum Gasteiger partial charge on any atom is -0.356 e. The maximum atomic E-state index is 5.93. The van der Waals surface area contributed by atoms with E-state index in [9.17, 15) is 0 Å². The predicted octanol–water partition coefficient (Wildman–Crippen LogP) is 2.67. The Labute approximate surface area is 95.5 Å². The number of anilines is 1. The Morgan fingerprint density at radius 3 is 2.93 bits per heavy atom. The molecule has 3 nitrogen and oxygen atoms in total. The molecular weight excluding hydrogens is 210 g/mol. The molecule has 1 aromatic heterocycles. The van der Waals surface area contributed by atoms with Gasteiger partial charge >= 0.3 is 0 Å². The fourth-order valence-corrected chi connectivity index (χ4v) is 2.30. The van der Waals surface area contributed by atoms with Crippen molar-refractivity contribution in [3.05, 3.63) is 17.0 Å². The molecule has 0 saturated carbocycles. The summed E-state index contributed by atoms with van der Waals surface area (Å²) in [7, 11) is 0. The highest BCUT2D eigenvalue weighted by molar-refractivity contribution is 6.29. The van der Waals surface area contributed by atoms with E-state index in [4.69, 9.17) is 11.6 Å². The lowest BCUT2D eigenvalue weighted by molar-refractivity contribution is 0.444. The molecule has 15 heavy (non-hydrogen) atoms. The van der Waals surface area contributed by atoms with E-state index >= 15 is 0 Å². The molecule has 1 aliphatic rings. The summed E-state index contributed by atoms with van der Waals surface area (Å²) in [5.41, 5.74) is 0.